The van der Waals surface area contributed by atoms with E-state index in [4.69, 9.17) is 14.2 Å². The topological polar surface area (TPSA) is 184 Å². The van der Waals surface area contributed by atoms with E-state index >= 15 is 0 Å². The van der Waals surface area contributed by atoms with E-state index in [1.165, 1.54) is 13.8 Å². The van der Waals surface area contributed by atoms with Gasteiger partial charge in [-0.3, -0.25) is 4.79 Å². The molecular formula is C27H32N2O10. The zero-order chi connectivity index (χ0) is 28.3. The highest BCUT2D eigenvalue weighted by atomic mass is 16.7. The van der Waals surface area contributed by atoms with E-state index in [-0.39, 0.29) is 12.5 Å². The monoisotopic (exact) mass is 544 g/mol. The number of carboxylic acids is 1. The van der Waals surface area contributed by atoms with Crippen molar-refractivity contribution in [3.8, 4) is 11.1 Å². The summed E-state index contributed by atoms with van der Waals surface area (Å²) in [6.07, 6.45) is -8.02. The molecule has 39 heavy (non-hydrogen) atoms. The summed E-state index contributed by atoms with van der Waals surface area (Å²) in [5, 5.41) is 44.5. The quantitative estimate of drug-likeness (QED) is 0.257. The summed E-state index contributed by atoms with van der Waals surface area (Å²) in [4.78, 5) is 36.3. The Kier molecular flexibility index (Phi) is 8.83. The number of alkyl carbamates (subject to hydrolysis) is 1. The summed E-state index contributed by atoms with van der Waals surface area (Å²) in [6, 6.07) is 12.7. The first-order valence-electron chi connectivity index (χ1n) is 12.5. The number of carbonyl (C=O) groups excluding carboxylic acids is 2. The number of carbonyl (C=O) groups is 3. The van der Waals surface area contributed by atoms with Crippen LogP contribution in [-0.4, -0.2) is 94.4 Å². The molecule has 2 amide bonds. The number of carboxylic acid groups (broad SMARTS) is 1. The van der Waals surface area contributed by atoms with Crippen molar-refractivity contribution >= 4 is 18.0 Å². The van der Waals surface area contributed by atoms with Crippen molar-refractivity contribution in [3.63, 3.8) is 0 Å². The van der Waals surface area contributed by atoms with Gasteiger partial charge in [-0.1, -0.05) is 48.5 Å². The summed E-state index contributed by atoms with van der Waals surface area (Å²) >= 11 is 0. The van der Waals surface area contributed by atoms with Gasteiger partial charge in [0.1, 0.15) is 31.0 Å². The first-order chi connectivity index (χ1) is 18.6. The molecule has 0 aromatic heterocycles. The van der Waals surface area contributed by atoms with E-state index in [0.717, 1.165) is 22.3 Å². The molecule has 0 bridgehead atoms. The molecule has 4 rings (SSSR count). The standard InChI is InChI=1S/C27H32N2O10/c1-13(38-26-22(28-14(2)31)24(33)23(32)20(11-30)39-26)21(25(34)35)29-27(36)37-12-19-17-9-5-3-7-15(17)16-8-4-6-10-18(16)19/h3-10,13,19-24,26,30,32-33H,11-12H2,1-2H3,(H,28,31)(H,29,36)(H,34,35)/t13-,20-,21+,22-,23+,24-,26+/m1/s1. The number of amides is 2. The molecule has 0 saturated carbocycles. The minimum absolute atomic E-state index is 0.0277. The Morgan fingerprint density at radius 3 is 2.13 bits per heavy atom. The molecule has 2 aliphatic rings. The largest absolute Gasteiger partial charge is 0.480 e. The zero-order valence-electron chi connectivity index (χ0n) is 21.4. The molecular weight excluding hydrogens is 512 g/mol. The third-order valence-corrected chi connectivity index (χ3v) is 6.95. The number of rotatable bonds is 9. The van der Waals surface area contributed by atoms with Crippen LogP contribution in [0.25, 0.3) is 11.1 Å². The van der Waals surface area contributed by atoms with E-state index in [2.05, 4.69) is 10.6 Å². The Bertz CT molecular complexity index is 1160. The Balaban J connectivity index is 1.42. The fourth-order valence-corrected chi connectivity index (χ4v) is 5.02. The number of aliphatic hydroxyl groups excluding tert-OH is 3. The lowest BCUT2D eigenvalue weighted by molar-refractivity contribution is -0.282. The van der Waals surface area contributed by atoms with Crippen molar-refractivity contribution in [2.24, 2.45) is 0 Å². The van der Waals surface area contributed by atoms with E-state index < -0.39 is 67.4 Å². The maximum atomic E-state index is 12.7. The lowest BCUT2D eigenvalue weighted by Crippen LogP contribution is -2.65. The smallest absolute Gasteiger partial charge is 0.407 e. The highest BCUT2D eigenvalue weighted by Crippen LogP contribution is 2.44. The second-order valence-electron chi connectivity index (χ2n) is 9.56. The number of aliphatic carboxylic acids is 1. The van der Waals surface area contributed by atoms with Crippen LogP contribution in [0, 0.1) is 0 Å². The molecule has 6 N–H and O–H groups in total. The third-order valence-electron chi connectivity index (χ3n) is 6.95. The molecule has 1 fully saturated rings. The predicted octanol–water partition coefficient (Wildman–Crippen LogP) is 0.327. The summed E-state index contributed by atoms with van der Waals surface area (Å²) in [7, 11) is 0. The van der Waals surface area contributed by atoms with Gasteiger partial charge in [0.2, 0.25) is 5.91 Å². The number of ether oxygens (including phenoxy) is 3. The summed E-state index contributed by atoms with van der Waals surface area (Å²) in [5.74, 6) is -2.22. The van der Waals surface area contributed by atoms with Gasteiger partial charge in [-0.25, -0.2) is 9.59 Å². The molecule has 12 nitrogen and oxygen atoms in total. The molecule has 12 heteroatoms. The summed E-state index contributed by atoms with van der Waals surface area (Å²) in [5.41, 5.74) is 4.08. The van der Waals surface area contributed by atoms with Crippen LogP contribution < -0.4 is 10.6 Å². The molecule has 2 aromatic rings. The van der Waals surface area contributed by atoms with Crippen LogP contribution in [0.2, 0.25) is 0 Å². The number of benzene rings is 2. The van der Waals surface area contributed by atoms with Gasteiger partial charge in [-0.2, -0.15) is 0 Å². The van der Waals surface area contributed by atoms with Crippen LogP contribution >= 0.6 is 0 Å². The minimum Gasteiger partial charge on any atom is -0.480 e. The zero-order valence-corrected chi connectivity index (χ0v) is 21.4. The van der Waals surface area contributed by atoms with Gasteiger partial charge in [0.25, 0.3) is 0 Å². The Morgan fingerprint density at radius 2 is 1.59 bits per heavy atom. The average molecular weight is 545 g/mol. The second-order valence-corrected chi connectivity index (χ2v) is 9.56. The van der Waals surface area contributed by atoms with Gasteiger partial charge < -0.3 is 45.3 Å². The summed E-state index contributed by atoms with van der Waals surface area (Å²) < 4.78 is 16.6. The average Bonchev–Trinajstić information content (AvgIpc) is 3.23. The fraction of sp³-hybridized carbons (Fsp3) is 0.444. The van der Waals surface area contributed by atoms with E-state index in [1.54, 1.807) is 0 Å². The first kappa shape index (κ1) is 28.5. The predicted molar refractivity (Wildman–Crippen MR) is 136 cm³/mol. The number of hydrogen-bond acceptors (Lipinski definition) is 9. The maximum Gasteiger partial charge on any atom is 0.407 e. The normalized spacial score (nSPS) is 25.6. The number of fused-ring (bicyclic) bond motifs is 3. The van der Waals surface area contributed by atoms with Gasteiger partial charge in [0.05, 0.1) is 12.7 Å². The van der Waals surface area contributed by atoms with Gasteiger partial charge >= 0.3 is 12.1 Å². The molecule has 7 atom stereocenters. The number of nitrogens with one attached hydrogen (secondary N) is 2. The van der Waals surface area contributed by atoms with Crippen molar-refractivity contribution in [2.75, 3.05) is 13.2 Å². The van der Waals surface area contributed by atoms with Crippen LogP contribution in [0.4, 0.5) is 4.79 Å². The Labute approximate surface area is 224 Å². The van der Waals surface area contributed by atoms with E-state index in [9.17, 15) is 34.8 Å². The molecule has 0 unspecified atom stereocenters. The lowest BCUT2D eigenvalue weighted by atomic mass is 9.96. The maximum absolute atomic E-state index is 12.7. The van der Waals surface area contributed by atoms with Crippen LogP contribution in [-0.2, 0) is 23.8 Å². The van der Waals surface area contributed by atoms with Gasteiger partial charge in [0.15, 0.2) is 12.3 Å². The van der Waals surface area contributed by atoms with Gasteiger partial charge in [-0.05, 0) is 29.2 Å². The van der Waals surface area contributed by atoms with Crippen molar-refractivity contribution in [1.82, 2.24) is 10.6 Å². The van der Waals surface area contributed by atoms with Crippen LogP contribution in [0.3, 0.4) is 0 Å². The molecule has 1 aliphatic heterocycles. The minimum atomic E-state index is -1.60. The third kappa shape index (κ3) is 6.05. The SMILES string of the molecule is CC(=O)N[C@H]1[C@@H](O[C@H](C)[C@H](NC(=O)OCC2c3ccccc3-c3ccccc32)C(=O)O)O[C@H](CO)[C@H](O)[C@@H]1O. The highest BCUT2D eigenvalue weighted by Gasteiger charge is 2.47. The Morgan fingerprint density at radius 1 is 1.00 bits per heavy atom. The van der Waals surface area contributed by atoms with Crippen molar-refractivity contribution < 1.29 is 49.0 Å². The number of aliphatic hydroxyl groups is 3. The molecule has 1 aliphatic carbocycles. The molecule has 1 saturated heterocycles. The van der Waals surface area contributed by atoms with Crippen LogP contribution in [0.15, 0.2) is 48.5 Å². The van der Waals surface area contributed by atoms with Crippen LogP contribution in [0.5, 0.6) is 0 Å². The second kappa shape index (κ2) is 12.1. The lowest BCUT2D eigenvalue weighted by Gasteiger charge is -2.43. The number of hydrogen-bond donors (Lipinski definition) is 6. The molecule has 1 heterocycles. The van der Waals surface area contributed by atoms with Gasteiger partial charge in [0, 0.05) is 12.8 Å². The van der Waals surface area contributed by atoms with Crippen molar-refractivity contribution in [2.45, 2.75) is 62.6 Å². The van der Waals surface area contributed by atoms with Crippen LogP contribution in [0.1, 0.15) is 30.9 Å². The van der Waals surface area contributed by atoms with E-state index in [0.29, 0.717) is 0 Å². The first-order valence-corrected chi connectivity index (χ1v) is 12.5. The molecule has 210 valence electrons. The van der Waals surface area contributed by atoms with Crippen molar-refractivity contribution in [1.29, 1.82) is 0 Å². The van der Waals surface area contributed by atoms with Crippen molar-refractivity contribution in [3.05, 3.63) is 59.7 Å². The molecule has 0 spiro atoms. The Hall–Kier alpha value is -3.55. The van der Waals surface area contributed by atoms with E-state index in [1.807, 2.05) is 48.5 Å². The van der Waals surface area contributed by atoms with Gasteiger partial charge in [-0.15, -0.1) is 0 Å². The highest BCUT2D eigenvalue weighted by molar-refractivity contribution is 5.81. The molecule has 2 aromatic carbocycles. The molecule has 0 radical (unpaired) electrons. The fourth-order valence-electron chi connectivity index (χ4n) is 5.02. The summed E-state index contributed by atoms with van der Waals surface area (Å²) in [6.45, 7) is 1.83.